The van der Waals surface area contributed by atoms with Crippen LogP contribution in [0.5, 0.6) is 0 Å². The maximum Gasteiger partial charge on any atom is 0.255 e. The van der Waals surface area contributed by atoms with Gasteiger partial charge in [0, 0.05) is 6.04 Å². The number of carbonyl (C=O) groups excluding carboxylic acids is 1. The molecule has 7 heteroatoms. The molecule has 1 aliphatic rings. The summed E-state index contributed by atoms with van der Waals surface area (Å²) in [5.74, 6) is -0.301. The molecule has 2 rings (SSSR count). The molecule has 5 N–H and O–H groups in total. The zero-order valence-corrected chi connectivity index (χ0v) is 10.6. The molecule has 1 saturated heterocycles. The highest BCUT2D eigenvalue weighted by Crippen LogP contribution is 2.28. The fourth-order valence-electron chi connectivity index (χ4n) is 1.98. The van der Waals surface area contributed by atoms with Crippen LogP contribution < -0.4 is 16.8 Å². The van der Waals surface area contributed by atoms with E-state index in [9.17, 15) is 4.79 Å². The Bertz CT molecular complexity index is 411. The maximum absolute atomic E-state index is 11.3. The predicted molar refractivity (Wildman–Crippen MR) is 69.2 cm³/mol. The quantitative estimate of drug-likeness (QED) is 0.723. The second kappa shape index (κ2) is 4.89. The fourth-order valence-corrected chi connectivity index (χ4v) is 2.77. The Morgan fingerprint density at radius 2 is 2.18 bits per heavy atom. The average molecular weight is 255 g/mol. The van der Waals surface area contributed by atoms with Crippen LogP contribution in [0.15, 0.2) is 0 Å². The predicted octanol–water partition coefficient (Wildman–Crippen LogP) is 0.330. The highest BCUT2D eigenvalue weighted by atomic mass is 32.1. The van der Waals surface area contributed by atoms with Gasteiger partial charge in [-0.3, -0.25) is 4.79 Å². The van der Waals surface area contributed by atoms with E-state index in [2.05, 4.69) is 21.6 Å². The Kier molecular flexibility index (Phi) is 3.49. The lowest BCUT2D eigenvalue weighted by Gasteiger charge is -2.29. The third kappa shape index (κ3) is 2.67. The van der Waals surface area contributed by atoms with E-state index in [1.54, 1.807) is 0 Å². The molecule has 17 heavy (non-hydrogen) atoms. The van der Waals surface area contributed by atoms with Gasteiger partial charge in [-0.15, -0.1) is 0 Å². The van der Waals surface area contributed by atoms with Crippen LogP contribution in [0, 0.1) is 0 Å². The zero-order chi connectivity index (χ0) is 12.4. The van der Waals surface area contributed by atoms with Crippen molar-refractivity contribution in [3.63, 3.8) is 0 Å². The number of rotatable bonds is 3. The molecule has 2 heterocycles. The Hall–Kier alpha value is -1.34. The molecule has 0 radical (unpaired) electrons. The van der Waals surface area contributed by atoms with Gasteiger partial charge in [0.15, 0.2) is 5.82 Å². The number of nitrogens with zero attached hydrogens (tertiary/aromatic N) is 2. The van der Waals surface area contributed by atoms with Gasteiger partial charge in [0.25, 0.3) is 5.91 Å². The lowest BCUT2D eigenvalue weighted by atomic mass is 10.1. The second-order valence-electron chi connectivity index (χ2n) is 4.36. The summed E-state index contributed by atoms with van der Waals surface area (Å²) >= 11 is 1.20. The van der Waals surface area contributed by atoms with Gasteiger partial charge in [0.1, 0.15) is 10.6 Å². The van der Waals surface area contributed by atoms with Gasteiger partial charge in [-0.05, 0) is 44.5 Å². The van der Waals surface area contributed by atoms with E-state index in [1.165, 1.54) is 11.5 Å². The number of amides is 1. The van der Waals surface area contributed by atoms with E-state index < -0.39 is 5.91 Å². The first-order chi connectivity index (χ1) is 8.08. The number of hydrogen-bond acceptors (Lipinski definition) is 6. The van der Waals surface area contributed by atoms with Crippen molar-refractivity contribution in [3.8, 4) is 0 Å². The van der Waals surface area contributed by atoms with E-state index in [4.69, 9.17) is 11.5 Å². The molecule has 0 unspecified atom stereocenters. The van der Waals surface area contributed by atoms with Crippen LogP contribution in [0.1, 0.15) is 23.2 Å². The summed E-state index contributed by atoms with van der Waals surface area (Å²) in [5.41, 5.74) is 11.2. The summed E-state index contributed by atoms with van der Waals surface area (Å²) in [5, 5.41) is 4.02. The first-order valence-electron chi connectivity index (χ1n) is 5.58. The van der Waals surface area contributed by atoms with Gasteiger partial charge in [0.2, 0.25) is 0 Å². The summed E-state index contributed by atoms with van der Waals surface area (Å²) in [6, 6.07) is 0.365. The number of nitrogen functional groups attached to an aromatic ring is 1. The van der Waals surface area contributed by atoms with Crippen molar-refractivity contribution in [2.24, 2.45) is 5.73 Å². The number of hydrogen-bond donors (Lipinski definition) is 3. The van der Waals surface area contributed by atoms with Gasteiger partial charge >= 0.3 is 0 Å². The van der Waals surface area contributed by atoms with Gasteiger partial charge < -0.3 is 21.7 Å². The van der Waals surface area contributed by atoms with Crippen molar-refractivity contribution in [1.29, 1.82) is 0 Å². The Labute approximate surface area is 104 Å². The van der Waals surface area contributed by atoms with E-state index in [0.717, 1.165) is 25.9 Å². The Morgan fingerprint density at radius 1 is 1.53 bits per heavy atom. The summed E-state index contributed by atoms with van der Waals surface area (Å²) in [4.78, 5) is 13.5. The van der Waals surface area contributed by atoms with Gasteiger partial charge in [-0.25, -0.2) is 0 Å². The van der Waals surface area contributed by atoms with Crippen molar-refractivity contribution in [2.45, 2.75) is 18.9 Å². The number of aromatic nitrogens is 1. The minimum absolute atomic E-state index is 0.220. The molecule has 0 atom stereocenters. The van der Waals surface area contributed by atoms with E-state index in [-0.39, 0.29) is 5.82 Å². The van der Waals surface area contributed by atoms with Crippen molar-refractivity contribution in [2.75, 3.05) is 31.2 Å². The zero-order valence-electron chi connectivity index (χ0n) is 9.77. The van der Waals surface area contributed by atoms with Crippen LogP contribution in [0.25, 0.3) is 0 Å². The molecule has 1 aliphatic heterocycles. The largest absolute Gasteiger partial charge is 0.382 e. The highest BCUT2D eigenvalue weighted by molar-refractivity contribution is 7.11. The summed E-state index contributed by atoms with van der Waals surface area (Å²) < 4.78 is 3.96. The minimum Gasteiger partial charge on any atom is -0.382 e. The van der Waals surface area contributed by atoms with Crippen molar-refractivity contribution >= 4 is 28.3 Å². The number of carbonyl (C=O) groups is 1. The third-order valence-electron chi connectivity index (χ3n) is 3.02. The number of nitrogens with one attached hydrogen (secondary N) is 1. The molecule has 6 nitrogen and oxygen atoms in total. The highest BCUT2D eigenvalue weighted by Gasteiger charge is 2.21. The van der Waals surface area contributed by atoms with Crippen LogP contribution >= 0.6 is 11.5 Å². The summed E-state index contributed by atoms with van der Waals surface area (Å²) in [7, 11) is 2.11. The SMILES string of the molecule is CN1CCC(Nc2snc(N)c2C(N)=O)CC1. The smallest absolute Gasteiger partial charge is 0.255 e. The first-order valence-corrected chi connectivity index (χ1v) is 6.35. The van der Waals surface area contributed by atoms with Gasteiger partial charge in [-0.1, -0.05) is 0 Å². The Balaban J connectivity index is 2.06. The molecular weight excluding hydrogens is 238 g/mol. The number of primary amides is 1. The van der Waals surface area contributed by atoms with Crippen LogP contribution in [0.2, 0.25) is 0 Å². The number of anilines is 2. The lowest BCUT2D eigenvalue weighted by Crippen LogP contribution is -2.36. The molecule has 1 amide bonds. The molecule has 1 fully saturated rings. The van der Waals surface area contributed by atoms with E-state index in [1.807, 2.05) is 0 Å². The van der Waals surface area contributed by atoms with E-state index in [0.29, 0.717) is 16.6 Å². The van der Waals surface area contributed by atoms with Crippen molar-refractivity contribution in [3.05, 3.63) is 5.56 Å². The van der Waals surface area contributed by atoms with Gasteiger partial charge in [-0.2, -0.15) is 4.37 Å². The van der Waals surface area contributed by atoms with Gasteiger partial charge in [0.05, 0.1) is 0 Å². The topological polar surface area (TPSA) is 97.3 Å². The monoisotopic (exact) mass is 255 g/mol. The van der Waals surface area contributed by atoms with Crippen LogP contribution in [-0.4, -0.2) is 41.4 Å². The molecule has 0 saturated carbocycles. The molecular formula is C10H17N5OS. The second-order valence-corrected chi connectivity index (χ2v) is 5.13. The van der Waals surface area contributed by atoms with Crippen LogP contribution in [0.3, 0.4) is 0 Å². The van der Waals surface area contributed by atoms with Crippen molar-refractivity contribution < 1.29 is 4.79 Å². The Morgan fingerprint density at radius 3 is 2.76 bits per heavy atom. The standard InChI is InChI=1S/C10H17N5OS/c1-15-4-2-6(3-5-15)13-10-7(9(12)16)8(11)14-17-10/h6,13H,2-5H2,1H3,(H2,11,14)(H2,12,16). The van der Waals surface area contributed by atoms with Crippen molar-refractivity contribution in [1.82, 2.24) is 9.27 Å². The molecule has 1 aromatic rings. The molecule has 0 aromatic carbocycles. The summed E-state index contributed by atoms with van der Waals surface area (Å²) in [6.45, 7) is 2.11. The third-order valence-corrected chi connectivity index (χ3v) is 3.81. The van der Waals surface area contributed by atoms with E-state index >= 15 is 0 Å². The van der Waals surface area contributed by atoms with Crippen LogP contribution in [0.4, 0.5) is 10.8 Å². The minimum atomic E-state index is -0.522. The number of likely N-dealkylation sites (tertiary alicyclic amines) is 1. The lowest BCUT2D eigenvalue weighted by molar-refractivity contribution is 0.100. The molecule has 0 bridgehead atoms. The average Bonchev–Trinajstić information content (AvgIpc) is 2.63. The molecule has 1 aromatic heterocycles. The number of piperidine rings is 1. The normalized spacial score (nSPS) is 18.2. The maximum atomic E-state index is 11.3. The first kappa shape index (κ1) is 12.1. The summed E-state index contributed by atoms with van der Waals surface area (Å²) in [6.07, 6.45) is 2.10. The number of nitrogens with two attached hydrogens (primary N) is 2. The molecule has 0 spiro atoms. The van der Waals surface area contributed by atoms with Crippen LogP contribution in [-0.2, 0) is 0 Å². The fraction of sp³-hybridized carbons (Fsp3) is 0.600. The molecule has 94 valence electrons. The molecule has 0 aliphatic carbocycles.